The minimum atomic E-state index is -0.180. The zero-order chi connectivity index (χ0) is 12.3. The molecule has 1 aliphatic rings. The van der Waals surface area contributed by atoms with Crippen molar-refractivity contribution in [2.45, 2.75) is 12.8 Å². The Bertz CT molecular complexity index is 448. The molecule has 1 saturated heterocycles. The Morgan fingerprint density at radius 2 is 1.88 bits per heavy atom. The normalized spacial score (nSPS) is 15.6. The number of carbonyl (C=O) groups excluding carboxylic acids is 1. The number of hydrogen-bond donors (Lipinski definition) is 2. The van der Waals surface area contributed by atoms with Crippen LogP contribution in [0.15, 0.2) is 24.3 Å². The van der Waals surface area contributed by atoms with E-state index in [2.05, 4.69) is 0 Å². The van der Waals surface area contributed by atoms with Crippen LogP contribution >= 0.6 is 0 Å². The second-order valence-corrected chi connectivity index (χ2v) is 4.11. The van der Waals surface area contributed by atoms with E-state index in [0.717, 1.165) is 25.9 Å². The zero-order valence-electron chi connectivity index (χ0n) is 9.47. The van der Waals surface area contributed by atoms with E-state index < -0.39 is 0 Å². The number of hydrogen-bond acceptors (Lipinski definition) is 3. The Balaban J connectivity index is 2.04. The quantitative estimate of drug-likeness (QED) is 0.604. The van der Waals surface area contributed by atoms with Gasteiger partial charge in [0.15, 0.2) is 11.5 Å². The molecule has 4 nitrogen and oxygen atoms in total. The highest BCUT2D eigenvalue weighted by Gasteiger charge is 2.14. The lowest BCUT2D eigenvalue weighted by Crippen LogP contribution is -2.25. The molecule has 1 aromatic carbocycles. The van der Waals surface area contributed by atoms with E-state index in [1.54, 1.807) is 17.0 Å². The molecule has 0 atom stereocenters. The van der Waals surface area contributed by atoms with Crippen LogP contribution in [0.1, 0.15) is 18.4 Å². The third-order valence-electron chi connectivity index (χ3n) is 2.84. The fraction of sp³-hybridized carbons (Fsp3) is 0.308. The van der Waals surface area contributed by atoms with Gasteiger partial charge in [0.1, 0.15) is 0 Å². The van der Waals surface area contributed by atoms with Crippen molar-refractivity contribution in [3.63, 3.8) is 0 Å². The topological polar surface area (TPSA) is 60.8 Å². The van der Waals surface area contributed by atoms with Gasteiger partial charge in [0.2, 0.25) is 5.91 Å². The third-order valence-corrected chi connectivity index (χ3v) is 2.84. The molecule has 0 aromatic heterocycles. The largest absolute Gasteiger partial charge is 0.504 e. The second-order valence-electron chi connectivity index (χ2n) is 4.11. The van der Waals surface area contributed by atoms with Crippen molar-refractivity contribution in [3.05, 3.63) is 29.8 Å². The number of phenols is 2. The van der Waals surface area contributed by atoms with Gasteiger partial charge in [-0.1, -0.05) is 6.07 Å². The van der Waals surface area contributed by atoms with Crippen molar-refractivity contribution in [1.29, 1.82) is 0 Å². The van der Waals surface area contributed by atoms with Gasteiger partial charge >= 0.3 is 0 Å². The molecule has 0 spiro atoms. The van der Waals surface area contributed by atoms with Crippen LogP contribution in [-0.4, -0.2) is 34.1 Å². The van der Waals surface area contributed by atoms with Crippen LogP contribution in [0.5, 0.6) is 11.5 Å². The Morgan fingerprint density at radius 3 is 2.53 bits per heavy atom. The van der Waals surface area contributed by atoms with Gasteiger partial charge in [-0.05, 0) is 36.6 Å². The highest BCUT2D eigenvalue weighted by molar-refractivity contribution is 5.92. The lowest BCUT2D eigenvalue weighted by Gasteiger charge is -2.11. The highest BCUT2D eigenvalue weighted by Crippen LogP contribution is 2.25. The van der Waals surface area contributed by atoms with E-state index in [9.17, 15) is 9.90 Å². The number of aromatic hydroxyl groups is 2. The molecule has 17 heavy (non-hydrogen) atoms. The standard InChI is InChI=1S/C13H15NO3/c15-11-5-3-10(9-12(11)16)4-6-13(17)14-7-1-2-8-14/h3-6,9,15-16H,1-2,7-8H2/b6-4+. The molecule has 90 valence electrons. The fourth-order valence-electron chi connectivity index (χ4n) is 1.85. The lowest BCUT2D eigenvalue weighted by atomic mass is 10.2. The van der Waals surface area contributed by atoms with E-state index in [4.69, 9.17) is 5.11 Å². The Hall–Kier alpha value is -1.97. The van der Waals surface area contributed by atoms with Gasteiger partial charge < -0.3 is 15.1 Å². The molecule has 1 aliphatic heterocycles. The van der Waals surface area contributed by atoms with Crippen molar-refractivity contribution in [1.82, 2.24) is 4.90 Å². The van der Waals surface area contributed by atoms with Crippen molar-refractivity contribution in [3.8, 4) is 11.5 Å². The number of rotatable bonds is 2. The van der Waals surface area contributed by atoms with Crippen LogP contribution in [0.2, 0.25) is 0 Å². The average Bonchev–Trinajstić information content (AvgIpc) is 2.84. The minimum absolute atomic E-state index is 0.00457. The van der Waals surface area contributed by atoms with Gasteiger partial charge in [-0.25, -0.2) is 0 Å². The maximum Gasteiger partial charge on any atom is 0.246 e. The summed E-state index contributed by atoms with van der Waals surface area (Å²) in [6.07, 6.45) is 5.27. The summed E-state index contributed by atoms with van der Waals surface area (Å²) in [5.41, 5.74) is 0.688. The fourth-order valence-corrected chi connectivity index (χ4v) is 1.85. The Kier molecular flexibility index (Phi) is 3.32. The van der Waals surface area contributed by atoms with Crippen LogP contribution in [0.25, 0.3) is 6.08 Å². The van der Waals surface area contributed by atoms with Gasteiger partial charge in [-0.3, -0.25) is 4.79 Å². The number of benzene rings is 1. The molecular formula is C13H15NO3. The third kappa shape index (κ3) is 2.78. The second kappa shape index (κ2) is 4.91. The SMILES string of the molecule is O=C(/C=C/c1ccc(O)c(O)c1)N1CCCC1. The molecule has 2 N–H and O–H groups in total. The molecule has 2 rings (SSSR count). The molecule has 1 aromatic rings. The van der Waals surface area contributed by atoms with Crippen LogP contribution < -0.4 is 0 Å². The number of nitrogens with zero attached hydrogens (tertiary/aromatic N) is 1. The molecule has 1 fully saturated rings. The van der Waals surface area contributed by atoms with Gasteiger partial charge in [-0.2, -0.15) is 0 Å². The first-order valence-electron chi connectivity index (χ1n) is 5.66. The number of phenolic OH excluding ortho intramolecular Hbond substituents is 2. The van der Waals surface area contributed by atoms with Gasteiger partial charge in [0, 0.05) is 19.2 Å². The molecule has 4 heteroatoms. The zero-order valence-corrected chi connectivity index (χ0v) is 9.47. The Morgan fingerprint density at radius 1 is 1.18 bits per heavy atom. The predicted molar refractivity (Wildman–Crippen MR) is 64.6 cm³/mol. The van der Waals surface area contributed by atoms with Crippen molar-refractivity contribution < 1.29 is 15.0 Å². The van der Waals surface area contributed by atoms with E-state index in [1.807, 2.05) is 0 Å². The minimum Gasteiger partial charge on any atom is -0.504 e. The van der Waals surface area contributed by atoms with Crippen LogP contribution in [-0.2, 0) is 4.79 Å². The monoisotopic (exact) mass is 233 g/mol. The Labute approximate surface area is 99.8 Å². The van der Waals surface area contributed by atoms with E-state index in [0.29, 0.717) is 5.56 Å². The summed E-state index contributed by atoms with van der Waals surface area (Å²) in [4.78, 5) is 13.5. The summed E-state index contributed by atoms with van der Waals surface area (Å²) >= 11 is 0. The average molecular weight is 233 g/mol. The van der Waals surface area contributed by atoms with Crippen molar-refractivity contribution >= 4 is 12.0 Å². The van der Waals surface area contributed by atoms with E-state index in [-0.39, 0.29) is 17.4 Å². The summed E-state index contributed by atoms with van der Waals surface area (Å²) in [5.74, 6) is -0.344. The summed E-state index contributed by atoms with van der Waals surface area (Å²) in [6.45, 7) is 1.65. The van der Waals surface area contributed by atoms with Gasteiger partial charge in [0.05, 0.1) is 0 Å². The maximum atomic E-state index is 11.7. The first-order chi connectivity index (χ1) is 8.16. The molecule has 0 bridgehead atoms. The number of likely N-dealkylation sites (tertiary alicyclic amines) is 1. The summed E-state index contributed by atoms with van der Waals surface area (Å²) < 4.78 is 0. The smallest absolute Gasteiger partial charge is 0.246 e. The molecule has 1 amide bonds. The molecule has 0 aliphatic carbocycles. The van der Waals surface area contributed by atoms with Crippen LogP contribution in [0, 0.1) is 0 Å². The van der Waals surface area contributed by atoms with E-state index >= 15 is 0 Å². The molecule has 0 radical (unpaired) electrons. The van der Waals surface area contributed by atoms with Crippen molar-refractivity contribution in [2.75, 3.05) is 13.1 Å². The summed E-state index contributed by atoms with van der Waals surface area (Å²) in [7, 11) is 0. The molecule has 0 unspecified atom stereocenters. The van der Waals surface area contributed by atoms with Crippen molar-refractivity contribution in [2.24, 2.45) is 0 Å². The molecule has 0 saturated carbocycles. The first-order valence-corrected chi connectivity index (χ1v) is 5.66. The maximum absolute atomic E-state index is 11.7. The van der Waals surface area contributed by atoms with E-state index in [1.165, 1.54) is 18.2 Å². The molecular weight excluding hydrogens is 218 g/mol. The summed E-state index contributed by atoms with van der Waals surface area (Å²) in [5, 5.41) is 18.4. The number of carbonyl (C=O) groups is 1. The first kappa shape index (κ1) is 11.5. The summed E-state index contributed by atoms with van der Waals surface area (Å²) in [6, 6.07) is 4.46. The van der Waals surface area contributed by atoms with Gasteiger partial charge in [0.25, 0.3) is 0 Å². The van der Waals surface area contributed by atoms with Gasteiger partial charge in [-0.15, -0.1) is 0 Å². The predicted octanol–water partition coefficient (Wildman–Crippen LogP) is 1.73. The number of amides is 1. The highest BCUT2D eigenvalue weighted by atomic mass is 16.3. The van der Waals surface area contributed by atoms with Crippen LogP contribution in [0.4, 0.5) is 0 Å². The van der Waals surface area contributed by atoms with Crippen LogP contribution in [0.3, 0.4) is 0 Å². The lowest BCUT2D eigenvalue weighted by molar-refractivity contribution is -0.124. The molecule has 1 heterocycles.